The van der Waals surface area contributed by atoms with Gasteiger partial charge in [-0.3, -0.25) is 24.0 Å². The van der Waals surface area contributed by atoms with Gasteiger partial charge in [0.25, 0.3) is 0 Å². The van der Waals surface area contributed by atoms with Crippen LogP contribution in [0.2, 0.25) is 0 Å². The summed E-state index contributed by atoms with van der Waals surface area (Å²) < 4.78 is 22.6. The molecule has 4 fully saturated rings. The zero-order valence-corrected chi connectivity index (χ0v) is 24.2. The molecule has 4 aliphatic carbocycles. The van der Waals surface area contributed by atoms with Crippen molar-refractivity contribution < 1.29 is 42.6 Å². The minimum absolute atomic E-state index is 0.0615. The van der Waals surface area contributed by atoms with Gasteiger partial charge in [-0.05, 0) is 28.9 Å². The number of Topliss-reactive ketones (excluding diaryl/α,β-unsaturated/α-hetero) is 2. The van der Waals surface area contributed by atoms with Crippen molar-refractivity contribution in [1.29, 1.82) is 0 Å². The molecule has 0 amide bonds. The van der Waals surface area contributed by atoms with E-state index in [1.807, 2.05) is 27.7 Å². The molecule has 1 spiro atoms. The van der Waals surface area contributed by atoms with Crippen LogP contribution in [-0.2, 0) is 38.2 Å². The molecule has 0 aromatic carbocycles. The fourth-order valence-corrected chi connectivity index (χ4v) is 9.85. The molecule has 1 heterocycles. The molecule has 9 heteroatoms. The molecule has 0 radical (unpaired) electrons. The molecule has 4 aliphatic rings. The van der Waals surface area contributed by atoms with Crippen LogP contribution in [0.1, 0.15) is 72.3 Å². The van der Waals surface area contributed by atoms with Gasteiger partial charge >= 0.3 is 17.9 Å². The third-order valence-corrected chi connectivity index (χ3v) is 11.3. The molecule has 4 saturated carbocycles. The van der Waals surface area contributed by atoms with E-state index in [4.69, 9.17) is 18.6 Å². The van der Waals surface area contributed by atoms with Crippen molar-refractivity contribution in [2.24, 2.45) is 39.4 Å². The van der Waals surface area contributed by atoms with Gasteiger partial charge in [0.15, 0.2) is 0 Å². The molecule has 0 unspecified atom stereocenters. The van der Waals surface area contributed by atoms with Gasteiger partial charge in [0, 0.05) is 55.8 Å². The number of fused-ring (bicyclic) bond motifs is 3. The van der Waals surface area contributed by atoms with E-state index in [1.54, 1.807) is 12.3 Å². The lowest BCUT2D eigenvalue weighted by atomic mass is 9.46. The van der Waals surface area contributed by atoms with E-state index in [-0.39, 0.29) is 30.8 Å². The Labute approximate surface area is 234 Å². The number of methoxy groups -OCH3 is 1. The number of carbonyl (C=O) groups is 5. The highest BCUT2D eigenvalue weighted by molar-refractivity contribution is 5.97. The van der Waals surface area contributed by atoms with Crippen molar-refractivity contribution in [3.63, 3.8) is 0 Å². The lowest BCUT2D eigenvalue weighted by Gasteiger charge is -2.56. The SMILES string of the molecule is C=C1[C@@H]2[C@H](OC(C)=O)[C@H](OC(C)=O)[C@@]3(C)[C@H](c4ccoc4)CC(=O)[C@]13[C@H]1CC(=O)C(C)(C)[C@H](CC(=O)OC)[C@@]21C. The smallest absolute Gasteiger partial charge is 0.305 e. The Hall–Kier alpha value is -3.23. The summed E-state index contributed by atoms with van der Waals surface area (Å²) in [5, 5.41) is 0. The highest BCUT2D eigenvalue weighted by atomic mass is 16.6. The van der Waals surface area contributed by atoms with Gasteiger partial charge < -0.3 is 18.6 Å². The van der Waals surface area contributed by atoms with Crippen LogP contribution in [-0.4, -0.2) is 48.8 Å². The van der Waals surface area contributed by atoms with Gasteiger partial charge in [-0.1, -0.05) is 39.8 Å². The number of hydrogen-bond acceptors (Lipinski definition) is 9. The molecule has 0 saturated heterocycles. The Morgan fingerprint density at radius 2 is 1.68 bits per heavy atom. The minimum Gasteiger partial charge on any atom is -0.472 e. The number of hydrogen-bond donors (Lipinski definition) is 0. The van der Waals surface area contributed by atoms with Crippen LogP contribution in [0.3, 0.4) is 0 Å². The van der Waals surface area contributed by atoms with E-state index < -0.39 is 75.4 Å². The third kappa shape index (κ3) is 3.23. The van der Waals surface area contributed by atoms with Gasteiger partial charge in [-0.2, -0.15) is 0 Å². The van der Waals surface area contributed by atoms with E-state index in [1.165, 1.54) is 27.2 Å². The first-order chi connectivity index (χ1) is 18.6. The van der Waals surface area contributed by atoms with Crippen LogP contribution >= 0.6 is 0 Å². The van der Waals surface area contributed by atoms with Gasteiger partial charge in [0.05, 0.1) is 25.1 Å². The molecule has 1 aromatic rings. The van der Waals surface area contributed by atoms with Crippen LogP contribution < -0.4 is 0 Å². The predicted octanol–water partition coefficient (Wildman–Crippen LogP) is 4.19. The van der Waals surface area contributed by atoms with E-state index in [9.17, 15) is 24.0 Å². The fourth-order valence-electron chi connectivity index (χ4n) is 9.85. The Morgan fingerprint density at radius 1 is 1.02 bits per heavy atom. The molecule has 1 aromatic heterocycles. The largest absolute Gasteiger partial charge is 0.472 e. The van der Waals surface area contributed by atoms with E-state index in [2.05, 4.69) is 6.58 Å². The Bertz CT molecular complexity index is 1310. The summed E-state index contributed by atoms with van der Waals surface area (Å²) in [6.07, 6.45) is 1.21. The van der Waals surface area contributed by atoms with Crippen molar-refractivity contribution in [3.8, 4) is 0 Å². The van der Waals surface area contributed by atoms with Crippen LogP contribution in [0, 0.1) is 39.4 Å². The molecule has 0 N–H and O–H groups in total. The maximum Gasteiger partial charge on any atom is 0.305 e. The van der Waals surface area contributed by atoms with Crippen LogP contribution in [0.5, 0.6) is 0 Å². The minimum atomic E-state index is -1.27. The van der Waals surface area contributed by atoms with Gasteiger partial charge in [0.2, 0.25) is 0 Å². The average molecular weight is 555 g/mol. The molecule has 2 bridgehead atoms. The average Bonchev–Trinajstić information content (AvgIpc) is 3.51. The van der Waals surface area contributed by atoms with Crippen molar-refractivity contribution >= 4 is 29.5 Å². The number of ketones is 2. The summed E-state index contributed by atoms with van der Waals surface area (Å²) in [5.41, 5.74) is -2.93. The highest BCUT2D eigenvalue weighted by Gasteiger charge is 2.85. The molecule has 0 aliphatic heterocycles. The standard InChI is InChI=1S/C31H38O9/c1-15-25-26(39-16(2)32)27(40-17(3)33)30(7)19(18-9-10-38-14-18)11-23(35)31(15,30)21-12-22(34)28(4,5)20(29(21,25)6)13-24(36)37-8/h9-10,14,19-21,25-27H,1,11-13H2,2-8H3/t19-,20-,21-,25+,26-,27-,29+,30+,31+/m0/s1. The Kier molecular flexibility index (Phi) is 6.29. The Balaban J connectivity index is 1.86. The van der Waals surface area contributed by atoms with E-state index in [0.29, 0.717) is 5.57 Å². The van der Waals surface area contributed by atoms with Crippen molar-refractivity contribution in [2.75, 3.05) is 7.11 Å². The first kappa shape index (κ1) is 28.3. The van der Waals surface area contributed by atoms with Crippen LogP contribution in [0.4, 0.5) is 0 Å². The van der Waals surface area contributed by atoms with Gasteiger partial charge in [-0.15, -0.1) is 0 Å². The predicted molar refractivity (Wildman–Crippen MR) is 140 cm³/mol. The van der Waals surface area contributed by atoms with Crippen molar-refractivity contribution in [1.82, 2.24) is 0 Å². The molecule has 216 valence electrons. The monoisotopic (exact) mass is 554 g/mol. The lowest BCUT2D eigenvalue weighted by molar-refractivity contribution is -0.197. The van der Waals surface area contributed by atoms with E-state index >= 15 is 0 Å². The zero-order valence-electron chi connectivity index (χ0n) is 24.2. The normalized spacial score (nSPS) is 41.2. The Morgan fingerprint density at radius 3 is 2.23 bits per heavy atom. The lowest BCUT2D eigenvalue weighted by Crippen LogP contribution is -2.62. The van der Waals surface area contributed by atoms with Crippen molar-refractivity contribution in [3.05, 3.63) is 36.3 Å². The summed E-state index contributed by atoms with van der Waals surface area (Å²) in [6, 6.07) is 1.78. The third-order valence-electron chi connectivity index (χ3n) is 11.3. The summed E-state index contributed by atoms with van der Waals surface area (Å²) >= 11 is 0. The number of ether oxygens (including phenoxy) is 3. The number of furan rings is 1. The summed E-state index contributed by atoms with van der Waals surface area (Å²) in [5.74, 6) is -4.04. The number of esters is 3. The second-order valence-electron chi connectivity index (χ2n) is 13.0. The van der Waals surface area contributed by atoms with Crippen LogP contribution in [0.15, 0.2) is 35.2 Å². The summed E-state index contributed by atoms with van der Waals surface area (Å²) in [4.78, 5) is 66.6. The second kappa shape index (κ2) is 8.88. The zero-order chi connectivity index (χ0) is 29.6. The van der Waals surface area contributed by atoms with Gasteiger partial charge in [0.1, 0.15) is 23.8 Å². The van der Waals surface area contributed by atoms with Crippen LogP contribution in [0.25, 0.3) is 0 Å². The quantitative estimate of drug-likeness (QED) is 0.299. The fraction of sp³-hybridized carbons (Fsp3) is 0.645. The molecular formula is C31H38O9. The van der Waals surface area contributed by atoms with Gasteiger partial charge in [-0.25, -0.2) is 0 Å². The molecule has 40 heavy (non-hydrogen) atoms. The summed E-state index contributed by atoms with van der Waals surface area (Å²) in [6.45, 7) is 14.6. The number of carbonyl (C=O) groups excluding carboxylic acids is 5. The highest BCUT2D eigenvalue weighted by Crippen LogP contribution is 2.82. The molecular weight excluding hydrogens is 516 g/mol. The maximum absolute atomic E-state index is 14.6. The first-order valence-corrected chi connectivity index (χ1v) is 13.8. The number of rotatable bonds is 5. The molecule has 9 atom stereocenters. The summed E-state index contributed by atoms with van der Waals surface area (Å²) in [7, 11) is 1.30. The van der Waals surface area contributed by atoms with Crippen molar-refractivity contribution in [2.45, 2.75) is 78.9 Å². The molecule has 5 rings (SSSR count). The topological polar surface area (TPSA) is 126 Å². The second-order valence-corrected chi connectivity index (χ2v) is 13.0. The van der Waals surface area contributed by atoms with E-state index in [0.717, 1.165) is 5.56 Å². The molecule has 9 nitrogen and oxygen atoms in total. The first-order valence-electron chi connectivity index (χ1n) is 13.8. The maximum atomic E-state index is 14.6.